The number of hydrogen-bond acceptors (Lipinski definition) is 4. The standard InChI is InChI=1S/C15H18N2OS/c18-11-15(6-7-15)10-16-8-13-9-17-14(19-13)12-4-2-1-3-5-12/h1-5,9,16,18H,6-8,10-11H2. The van der Waals surface area contributed by atoms with E-state index in [2.05, 4.69) is 22.4 Å². The van der Waals surface area contributed by atoms with E-state index < -0.39 is 0 Å². The van der Waals surface area contributed by atoms with E-state index in [-0.39, 0.29) is 5.41 Å². The van der Waals surface area contributed by atoms with E-state index in [4.69, 9.17) is 0 Å². The lowest BCUT2D eigenvalue weighted by Gasteiger charge is -2.11. The Balaban J connectivity index is 1.57. The van der Waals surface area contributed by atoms with Gasteiger partial charge in [-0.1, -0.05) is 30.3 Å². The van der Waals surface area contributed by atoms with Crippen molar-refractivity contribution in [2.75, 3.05) is 13.2 Å². The Morgan fingerprint density at radius 2 is 2.05 bits per heavy atom. The van der Waals surface area contributed by atoms with Gasteiger partial charge in [-0.3, -0.25) is 0 Å². The van der Waals surface area contributed by atoms with Gasteiger partial charge in [0.2, 0.25) is 0 Å². The highest BCUT2D eigenvalue weighted by atomic mass is 32.1. The van der Waals surface area contributed by atoms with Crippen molar-refractivity contribution in [3.63, 3.8) is 0 Å². The molecule has 0 radical (unpaired) electrons. The molecular weight excluding hydrogens is 256 g/mol. The fraction of sp³-hybridized carbons (Fsp3) is 0.400. The fourth-order valence-corrected chi connectivity index (χ4v) is 3.01. The Morgan fingerprint density at radius 3 is 2.74 bits per heavy atom. The second kappa shape index (κ2) is 5.41. The molecule has 1 aromatic carbocycles. The van der Waals surface area contributed by atoms with Crippen LogP contribution in [0, 0.1) is 5.41 Å². The number of nitrogens with zero attached hydrogens (tertiary/aromatic N) is 1. The molecule has 0 unspecified atom stereocenters. The van der Waals surface area contributed by atoms with Crippen molar-refractivity contribution in [2.24, 2.45) is 5.41 Å². The first kappa shape index (κ1) is 12.8. The van der Waals surface area contributed by atoms with Crippen LogP contribution in [-0.4, -0.2) is 23.2 Å². The normalized spacial score (nSPS) is 16.5. The number of aliphatic hydroxyl groups excluding tert-OH is 1. The maximum atomic E-state index is 9.26. The molecule has 0 saturated heterocycles. The Hall–Kier alpha value is -1.23. The summed E-state index contributed by atoms with van der Waals surface area (Å²) in [5.74, 6) is 0. The summed E-state index contributed by atoms with van der Waals surface area (Å²) in [5, 5.41) is 13.8. The average Bonchev–Trinajstić information content (AvgIpc) is 3.09. The van der Waals surface area contributed by atoms with E-state index in [1.807, 2.05) is 24.4 Å². The van der Waals surface area contributed by atoms with Crippen LogP contribution < -0.4 is 5.32 Å². The van der Waals surface area contributed by atoms with E-state index in [0.717, 1.165) is 30.9 Å². The van der Waals surface area contributed by atoms with Gasteiger partial charge in [0.15, 0.2) is 0 Å². The SMILES string of the molecule is OCC1(CNCc2cnc(-c3ccccc3)s2)CC1. The van der Waals surface area contributed by atoms with E-state index >= 15 is 0 Å². The van der Waals surface area contributed by atoms with E-state index in [1.54, 1.807) is 11.3 Å². The van der Waals surface area contributed by atoms with Crippen LogP contribution in [0.2, 0.25) is 0 Å². The van der Waals surface area contributed by atoms with E-state index in [0.29, 0.717) is 6.61 Å². The molecule has 3 rings (SSSR count). The predicted octanol–water partition coefficient (Wildman–Crippen LogP) is 2.67. The fourth-order valence-electron chi connectivity index (χ4n) is 2.12. The van der Waals surface area contributed by atoms with Gasteiger partial charge in [0.25, 0.3) is 0 Å². The van der Waals surface area contributed by atoms with Crippen molar-refractivity contribution in [3.8, 4) is 10.6 Å². The van der Waals surface area contributed by atoms with Crippen molar-refractivity contribution in [3.05, 3.63) is 41.4 Å². The molecule has 2 N–H and O–H groups in total. The summed E-state index contributed by atoms with van der Waals surface area (Å²) in [6.45, 7) is 2.05. The molecule has 19 heavy (non-hydrogen) atoms. The molecule has 3 nitrogen and oxygen atoms in total. The lowest BCUT2D eigenvalue weighted by molar-refractivity contribution is 0.207. The maximum absolute atomic E-state index is 9.26. The van der Waals surface area contributed by atoms with Gasteiger partial charge < -0.3 is 10.4 Å². The van der Waals surface area contributed by atoms with Crippen molar-refractivity contribution < 1.29 is 5.11 Å². The van der Waals surface area contributed by atoms with E-state index in [9.17, 15) is 5.11 Å². The number of rotatable bonds is 6. The lowest BCUT2D eigenvalue weighted by Crippen LogP contribution is -2.25. The zero-order valence-corrected chi connectivity index (χ0v) is 11.6. The maximum Gasteiger partial charge on any atom is 0.123 e. The first-order valence-corrected chi connectivity index (χ1v) is 7.45. The summed E-state index contributed by atoms with van der Waals surface area (Å²) in [5.41, 5.74) is 1.35. The molecular formula is C15H18N2OS. The Bertz CT molecular complexity index is 534. The van der Waals surface area contributed by atoms with E-state index in [1.165, 1.54) is 10.4 Å². The summed E-state index contributed by atoms with van der Waals surface area (Å²) < 4.78 is 0. The minimum atomic E-state index is 0.174. The van der Waals surface area contributed by atoms with Crippen LogP contribution in [0.4, 0.5) is 0 Å². The predicted molar refractivity (Wildman–Crippen MR) is 78.0 cm³/mol. The molecule has 2 aromatic rings. The third-order valence-corrected chi connectivity index (χ3v) is 4.71. The minimum Gasteiger partial charge on any atom is -0.396 e. The number of aromatic nitrogens is 1. The van der Waals surface area contributed by atoms with Crippen LogP contribution in [0.5, 0.6) is 0 Å². The van der Waals surface area contributed by atoms with Gasteiger partial charge in [0, 0.05) is 41.7 Å². The molecule has 1 aliphatic carbocycles. The smallest absolute Gasteiger partial charge is 0.123 e. The lowest BCUT2D eigenvalue weighted by atomic mass is 10.1. The summed E-state index contributed by atoms with van der Waals surface area (Å²) >= 11 is 1.73. The number of aliphatic hydroxyl groups is 1. The van der Waals surface area contributed by atoms with Gasteiger partial charge in [0.05, 0.1) is 0 Å². The topological polar surface area (TPSA) is 45.1 Å². The summed E-state index contributed by atoms with van der Waals surface area (Å²) in [6, 6.07) is 10.3. The average molecular weight is 274 g/mol. The van der Waals surface area contributed by atoms with Gasteiger partial charge in [-0.25, -0.2) is 4.98 Å². The molecule has 0 atom stereocenters. The van der Waals surface area contributed by atoms with Crippen LogP contribution in [-0.2, 0) is 6.54 Å². The molecule has 1 heterocycles. The molecule has 1 fully saturated rings. The molecule has 1 saturated carbocycles. The molecule has 0 amide bonds. The van der Waals surface area contributed by atoms with Crippen molar-refractivity contribution in [1.82, 2.24) is 10.3 Å². The second-order valence-corrected chi connectivity index (χ2v) is 6.37. The van der Waals surface area contributed by atoms with Crippen LogP contribution in [0.15, 0.2) is 36.5 Å². The van der Waals surface area contributed by atoms with Gasteiger partial charge >= 0.3 is 0 Å². The number of thiazole rings is 1. The summed E-state index contributed by atoms with van der Waals surface area (Å²) in [4.78, 5) is 5.71. The summed E-state index contributed by atoms with van der Waals surface area (Å²) in [6.07, 6.45) is 4.24. The number of hydrogen-bond donors (Lipinski definition) is 2. The van der Waals surface area contributed by atoms with Crippen LogP contribution in [0.1, 0.15) is 17.7 Å². The van der Waals surface area contributed by atoms with Crippen LogP contribution >= 0.6 is 11.3 Å². The first-order valence-electron chi connectivity index (χ1n) is 6.63. The molecule has 1 aliphatic rings. The molecule has 100 valence electrons. The van der Waals surface area contributed by atoms with Crippen molar-refractivity contribution in [2.45, 2.75) is 19.4 Å². The zero-order valence-electron chi connectivity index (χ0n) is 10.8. The van der Waals surface area contributed by atoms with Crippen molar-refractivity contribution in [1.29, 1.82) is 0 Å². The summed E-state index contributed by atoms with van der Waals surface area (Å²) in [7, 11) is 0. The highest BCUT2D eigenvalue weighted by Gasteiger charge is 2.41. The Morgan fingerprint density at radius 1 is 1.26 bits per heavy atom. The zero-order chi connectivity index (χ0) is 13.1. The van der Waals surface area contributed by atoms with Gasteiger partial charge in [-0.15, -0.1) is 11.3 Å². The van der Waals surface area contributed by atoms with Gasteiger partial charge in [-0.05, 0) is 12.8 Å². The van der Waals surface area contributed by atoms with Crippen LogP contribution in [0.25, 0.3) is 10.6 Å². The number of benzene rings is 1. The molecule has 0 bridgehead atoms. The van der Waals surface area contributed by atoms with Crippen molar-refractivity contribution >= 4 is 11.3 Å². The molecule has 0 spiro atoms. The van der Waals surface area contributed by atoms with Crippen LogP contribution in [0.3, 0.4) is 0 Å². The minimum absolute atomic E-state index is 0.174. The second-order valence-electron chi connectivity index (χ2n) is 5.26. The Kier molecular flexibility index (Phi) is 3.64. The Labute approximate surface area is 117 Å². The first-order chi connectivity index (χ1) is 9.31. The quantitative estimate of drug-likeness (QED) is 0.851. The van der Waals surface area contributed by atoms with Gasteiger partial charge in [0.1, 0.15) is 5.01 Å². The highest BCUT2D eigenvalue weighted by Crippen LogP contribution is 2.44. The largest absolute Gasteiger partial charge is 0.396 e. The third-order valence-electron chi connectivity index (χ3n) is 3.67. The third kappa shape index (κ3) is 3.03. The molecule has 0 aliphatic heterocycles. The number of nitrogens with one attached hydrogen (secondary N) is 1. The van der Waals surface area contributed by atoms with Gasteiger partial charge in [-0.2, -0.15) is 0 Å². The monoisotopic (exact) mass is 274 g/mol. The highest BCUT2D eigenvalue weighted by molar-refractivity contribution is 7.15. The molecule has 4 heteroatoms. The molecule has 1 aromatic heterocycles.